The van der Waals surface area contributed by atoms with Crippen molar-refractivity contribution < 1.29 is 24.5 Å². The van der Waals surface area contributed by atoms with Crippen LogP contribution in [0.5, 0.6) is 0 Å². The van der Waals surface area contributed by atoms with Crippen LogP contribution in [0.1, 0.15) is 303 Å². The topological polar surface area (TPSA) is 95.9 Å². The number of rotatable bonds is 51. The van der Waals surface area contributed by atoms with Crippen LogP contribution in [0.4, 0.5) is 0 Å². The van der Waals surface area contributed by atoms with Crippen molar-refractivity contribution in [3.8, 4) is 0 Å². The van der Waals surface area contributed by atoms with E-state index >= 15 is 0 Å². The molecule has 0 heterocycles. The predicted molar refractivity (Wildman–Crippen MR) is 264 cm³/mol. The second kappa shape index (κ2) is 51.2. The number of hydrogen-bond acceptors (Lipinski definition) is 5. The number of hydrogen-bond donors (Lipinski definition) is 3. The van der Waals surface area contributed by atoms with Gasteiger partial charge in [0.25, 0.3) is 0 Å². The molecule has 0 aliphatic rings. The summed E-state index contributed by atoms with van der Waals surface area (Å²) in [6, 6.07) is -0.538. The molecule has 6 heteroatoms. The monoisotopic (exact) mass is 862 g/mol. The van der Waals surface area contributed by atoms with Crippen molar-refractivity contribution in [2.24, 2.45) is 0 Å². The summed E-state index contributed by atoms with van der Waals surface area (Å²) in [6.45, 7) is 4.91. The minimum absolute atomic E-state index is 0.00332. The van der Waals surface area contributed by atoms with Gasteiger partial charge >= 0.3 is 5.97 Å². The molecule has 0 saturated heterocycles. The summed E-state index contributed by atoms with van der Waals surface area (Å²) in [6.07, 6.45) is 59.2. The largest absolute Gasteiger partial charge is 0.466 e. The van der Waals surface area contributed by atoms with Crippen molar-refractivity contribution >= 4 is 11.9 Å². The van der Waals surface area contributed by atoms with Crippen LogP contribution in [0.25, 0.3) is 0 Å². The molecule has 0 aromatic heterocycles. The molecule has 0 fully saturated rings. The molecule has 2 atom stereocenters. The van der Waals surface area contributed by atoms with Crippen molar-refractivity contribution in [2.45, 2.75) is 315 Å². The van der Waals surface area contributed by atoms with Gasteiger partial charge in [-0.2, -0.15) is 0 Å². The van der Waals surface area contributed by atoms with Gasteiger partial charge in [-0.25, -0.2) is 0 Å². The Balaban J connectivity index is 3.35. The SMILES string of the molecule is CCCC/C=C\CCCCCCCC(=O)OCCCCCCCCCCCCCCCCCCCCCCCCCC(=O)NC(CO)C(O)CCCCCCCCCCCC. The Morgan fingerprint density at radius 2 is 0.787 bits per heavy atom. The highest BCUT2D eigenvalue weighted by Gasteiger charge is 2.20. The molecule has 0 radical (unpaired) electrons. The maximum absolute atomic E-state index is 12.4. The van der Waals surface area contributed by atoms with E-state index in [-0.39, 0.29) is 18.5 Å². The first-order chi connectivity index (χ1) is 30.0. The van der Waals surface area contributed by atoms with Gasteiger partial charge in [-0.3, -0.25) is 9.59 Å². The Hall–Kier alpha value is -1.40. The van der Waals surface area contributed by atoms with E-state index in [4.69, 9.17) is 4.74 Å². The third-order valence-electron chi connectivity index (χ3n) is 12.8. The average molecular weight is 862 g/mol. The highest BCUT2D eigenvalue weighted by atomic mass is 16.5. The first-order valence-corrected chi connectivity index (χ1v) is 27.4. The number of amides is 1. The van der Waals surface area contributed by atoms with Crippen molar-refractivity contribution in [1.82, 2.24) is 5.32 Å². The van der Waals surface area contributed by atoms with Crippen LogP contribution in [-0.2, 0) is 14.3 Å². The summed E-state index contributed by atoms with van der Waals surface area (Å²) >= 11 is 0. The molecule has 0 rings (SSSR count). The van der Waals surface area contributed by atoms with Crippen LogP contribution in [0.3, 0.4) is 0 Å². The molecule has 0 bridgehead atoms. The molecule has 1 amide bonds. The summed E-state index contributed by atoms with van der Waals surface area (Å²) in [5, 5.41) is 23.1. The second-order valence-electron chi connectivity index (χ2n) is 18.9. The van der Waals surface area contributed by atoms with Crippen molar-refractivity contribution in [1.29, 1.82) is 0 Å². The molecule has 0 aromatic rings. The zero-order valence-electron chi connectivity index (χ0n) is 41.2. The maximum atomic E-state index is 12.4. The van der Waals surface area contributed by atoms with Crippen LogP contribution in [0, 0.1) is 0 Å². The number of carbonyl (C=O) groups is 2. The van der Waals surface area contributed by atoms with E-state index < -0.39 is 12.1 Å². The standard InChI is InChI=1S/C55H107NO5/c1-3-5-7-9-11-13-28-33-37-41-45-49-55(60)61-50-46-42-38-34-30-27-25-23-21-19-17-15-16-18-20-22-24-26-29-32-36-40-44-48-54(59)56-52(51-57)53(58)47-43-39-35-31-14-12-10-8-6-4-2/h9,11,52-53,57-58H,3-8,10,12-51H2,1-2H3,(H,56,59)/b11-9-. The van der Waals surface area contributed by atoms with Crippen molar-refractivity contribution in [2.75, 3.05) is 13.2 Å². The maximum Gasteiger partial charge on any atom is 0.305 e. The Morgan fingerprint density at radius 3 is 1.21 bits per heavy atom. The average Bonchev–Trinajstić information content (AvgIpc) is 3.26. The predicted octanol–water partition coefficient (Wildman–Crippen LogP) is 16.5. The summed E-state index contributed by atoms with van der Waals surface area (Å²) < 4.78 is 5.45. The van der Waals surface area contributed by atoms with Gasteiger partial charge in [0, 0.05) is 12.8 Å². The Labute approximate surface area is 380 Å². The molecular formula is C55H107NO5. The van der Waals surface area contributed by atoms with Gasteiger partial charge in [0.2, 0.25) is 5.91 Å². The van der Waals surface area contributed by atoms with Crippen molar-refractivity contribution in [3.05, 3.63) is 12.2 Å². The zero-order chi connectivity index (χ0) is 44.4. The van der Waals surface area contributed by atoms with Crippen molar-refractivity contribution in [3.63, 3.8) is 0 Å². The molecule has 362 valence electrons. The molecular weight excluding hydrogens is 755 g/mol. The van der Waals surface area contributed by atoms with Crippen LogP contribution in [0.15, 0.2) is 12.2 Å². The van der Waals surface area contributed by atoms with E-state index in [1.165, 1.54) is 225 Å². The number of esters is 1. The smallest absolute Gasteiger partial charge is 0.305 e. The summed E-state index contributed by atoms with van der Waals surface area (Å²) in [4.78, 5) is 24.4. The molecule has 0 spiro atoms. The van der Waals surface area contributed by atoms with Gasteiger partial charge in [0.05, 0.1) is 25.4 Å². The Bertz CT molecular complexity index is 909. The Morgan fingerprint density at radius 1 is 0.443 bits per heavy atom. The van der Waals surface area contributed by atoms with Crippen LogP contribution in [-0.4, -0.2) is 47.4 Å². The number of aliphatic hydroxyl groups is 2. The number of carbonyl (C=O) groups excluding carboxylic acids is 2. The fourth-order valence-corrected chi connectivity index (χ4v) is 8.56. The number of unbranched alkanes of at least 4 members (excludes halogenated alkanes) is 38. The molecule has 0 saturated carbocycles. The summed E-state index contributed by atoms with van der Waals surface area (Å²) in [5.74, 6) is -0.0321. The molecule has 3 N–H and O–H groups in total. The van der Waals surface area contributed by atoms with Gasteiger partial charge < -0.3 is 20.3 Å². The fourth-order valence-electron chi connectivity index (χ4n) is 8.56. The van der Waals surface area contributed by atoms with Gasteiger partial charge in [-0.15, -0.1) is 0 Å². The quantitative estimate of drug-likeness (QED) is 0.0322. The lowest BCUT2D eigenvalue weighted by Gasteiger charge is -2.22. The van der Waals surface area contributed by atoms with Gasteiger partial charge in [-0.1, -0.05) is 257 Å². The molecule has 0 aliphatic heterocycles. The fraction of sp³-hybridized carbons (Fsp3) is 0.927. The van der Waals surface area contributed by atoms with Crippen LogP contribution < -0.4 is 5.32 Å². The lowest BCUT2D eigenvalue weighted by atomic mass is 10.0. The summed E-state index contributed by atoms with van der Waals surface area (Å²) in [5.41, 5.74) is 0. The lowest BCUT2D eigenvalue weighted by Crippen LogP contribution is -2.45. The molecule has 61 heavy (non-hydrogen) atoms. The highest BCUT2D eigenvalue weighted by molar-refractivity contribution is 5.76. The number of aliphatic hydroxyl groups excluding tert-OH is 2. The van der Waals surface area contributed by atoms with E-state index in [1.807, 2.05) is 0 Å². The van der Waals surface area contributed by atoms with Crippen LogP contribution >= 0.6 is 0 Å². The molecule has 0 aliphatic carbocycles. The minimum atomic E-state index is -0.661. The Kier molecular flexibility index (Phi) is 50.1. The summed E-state index contributed by atoms with van der Waals surface area (Å²) in [7, 11) is 0. The van der Waals surface area contributed by atoms with E-state index in [2.05, 4.69) is 31.3 Å². The third-order valence-corrected chi connectivity index (χ3v) is 12.8. The van der Waals surface area contributed by atoms with E-state index in [1.54, 1.807) is 0 Å². The zero-order valence-corrected chi connectivity index (χ0v) is 41.2. The van der Waals surface area contributed by atoms with E-state index in [0.717, 1.165) is 44.9 Å². The first-order valence-electron chi connectivity index (χ1n) is 27.4. The minimum Gasteiger partial charge on any atom is -0.466 e. The van der Waals surface area contributed by atoms with Crippen LogP contribution in [0.2, 0.25) is 0 Å². The molecule has 0 aromatic carbocycles. The lowest BCUT2D eigenvalue weighted by molar-refractivity contribution is -0.143. The second-order valence-corrected chi connectivity index (χ2v) is 18.9. The number of ether oxygens (including phenoxy) is 1. The van der Waals surface area contributed by atoms with E-state index in [9.17, 15) is 19.8 Å². The van der Waals surface area contributed by atoms with Gasteiger partial charge in [0.1, 0.15) is 0 Å². The van der Waals surface area contributed by atoms with Gasteiger partial charge in [-0.05, 0) is 44.9 Å². The number of allylic oxidation sites excluding steroid dienone is 2. The third kappa shape index (κ3) is 47.9. The van der Waals surface area contributed by atoms with E-state index in [0.29, 0.717) is 25.9 Å². The first kappa shape index (κ1) is 59.6. The van der Waals surface area contributed by atoms with Gasteiger partial charge in [0.15, 0.2) is 0 Å². The highest BCUT2D eigenvalue weighted by Crippen LogP contribution is 2.17. The molecule has 6 nitrogen and oxygen atoms in total. The number of nitrogens with one attached hydrogen (secondary N) is 1. The normalized spacial score (nSPS) is 12.7. The molecule has 2 unspecified atom stereocenters.